The molecule has 0 aromatic heterocycles. The fraction of sp³-hybridized carbons (Fsp3) is 0.571. The standard InChI is InChI=1S/C28H42FO3P/c1-25(2,3)19-16-17-23(22(18-19)28(10,11)12)30-33(32-29)31-24-20(26(4,5)6)14-13-15-21(24)27(7,8)9/h13-18H,1-12H3. The third-order valence-corrected chi connectivity index (χ3v) is 6.47. The highest BCUT2D eigenvalue weighted by Crippen LogP contribution is 2.50. The Morgan fingerprint density at radius 1 is 0.606 bits per heavy atom. The van der Waals surface area contributed by atoms with Crippen LogP contribution in [0.5, 0.6) is 11.5 Å². The van der Waals surface area contributed by atoms with E-state index in [2.05, 4.69) is 93.9 Å². The highest BCUT2D eigenvalue weighted by molar-refractivity contribution is 7.42. The van der Waals surface area contributed by atoms with E-state index in [-0.39, 0.29) is 21.7 Å². The van der Waals surface area contributed by atoms with Gasteiger partial charge in [0.15, 0.2) is 0 Å². The Labute approximate surface area is 201 Å². The Morgan fingerprint density at radius 3 is 1.48 bits per heavy atom. The van der Waals surface area contributed by atoms with E-state index in [1.807, 2.05) is 30.3 Å². The summed E-state index contributed by atoms with van der Waals surface area (Å²) in [6.45, 7) is 25.6. The minimum absolute atomic E-state index is 0.0103. The van der Waals surface area contributed by atoms with Gasteiger partial charge < -0.3 is 9.05 Å². The Morgan fingerprint density at radius 2 is 1.09 bits per heavy atom. The zero-order valence-electron chi connectivity index (χ0n) is 22.5. The summed E-state index contributed by atoms with van der Waals surface area (Å²) in [6, 6.07) is 12.1. The molecule has 0 aliphatic heterocycles. The molecule has 0 aliphatic rings. The molecule has 2 rings (SSSR count). The topological polar surface area (TPSA) is 27.7 Å². The van der Waals surface area contributed by atoms with E-state index < -0.39 is 8.60 Å². The van der Waals surface area contributed by atoms with Crippen LogP contribution < -0.4 is 9.05 Å². The molecule has 0 N–H and O–H groups in total. The highest BCUT2D eigenvalue weighted by Gasteiger charge is 2.32. The van der Waals surface area contributed by atoms with Crippen molar-refractivity contribution in [1.82, 2.24) is 0 Å². The molecule has 33 heavy (non-hydrogen) atoms. The molecule has 2 aromatic rings. The normalized spacial score (nSPS) is 14.2. The van der Waals surface area contributed by atoms with E-state index in [1.165, 1.54) is 5.56 Å². The second-order valence-corrected chi connectivity index (χ2v) is 13.8. The Hall–Kier alpha value is -1.64. The molecule has 0 heterocycles. The van der Waals surface area contributed by atoms with Crippen LogP contribution in [-0.4, -0.2) is 0 Å². The average Bonchev–Trinajstić information content (AvgIpc) is 2.64. The number of benzene rings is 2. The molecule has 0 amide bonds. The van der Waals surface area contributed by atoms with Gasteiger partial charge in [0.2, 0.25) is 0 Å². The lowest BCUT2D eigenvalue weighted by molar-refractivity contribution is -0.0160. The minimum Gasteiger partial charge on any atom is -0.416 e. The third-order valence-electron chi connectivity index (χ3n) is 5.68. The van der Waals surface area contributed by atoms with E-state index in [0.29, 0.717) is 11.5 Å². The molecule has 0 bridgehead atoms. The maximum absolute atomic E-state index is 13.9. The first-order chi connectivity index (χ1) is 14.9. The van der Waals surface area contributed by atoms with Gasteiger partial charge >= 0.3 is 8.60 Å². The lowest BCUT2D eigenvalue weighted by Crippen LogP contribution is -2.19. The molecule has 1 atom stereocenters. The van der Waals surface area contributed by atoms with Crippen LogP contribution in [0.15, 0.2) is 36.4 Å². The van der Waals surface area contributed by atoms with Crippen molar-refractivity contribution in [3.8, 4) is 11.5 Å². The van der Waals surface area contributed by atoms with Crippen LogP contribution in [0.4, 0.5) is 4.53 Å². The van der Waals surface area contributed by atoms with Crippen molar-refractivity contribution in [2.24, 2.45) is 0 Å². The summed E-state index contributed by atoms with van der Waals surface area (Å²) >= 11 is 0. The molecule has 2 aromatic carbocycles. The maximum Gasteiger partial charge on any atom is 0.497 e. The van der Waals surface area contributed by atoms with E-state index in [1.54, 1.807) is 0 Å². The second-order valence-electron chi connectivity index (χ2n) is 12.9. The summed E-state index contributed by atoms with van der Waals surface area (Å²) in [7, 11) is -2.31. The van der Waals surface area contributed by atoms with Gasteiger partial charge in [-0.2, -0.15) is 0 Å². The highest BCUT2D eigenvalue weighted by atomic mass is 31.2. The largest absolute Gasteiger partial charge is 0.497 e. The summed E-state index contributed by atoms with van der Waals surface area (Å²) in [4.78, 5) is 0. The molecule has 0 saturated carbocycles. The summed E-state index contributed by atoms with van der Waals surface area (Å²) in [5.74, 6) is 1.20. The van der Waals surface area contributed by atoms with Gasteiger partial charge in [-0.1, -0.05) is 118 Å². The fourth-order valence-electron chi connectivity index (χ4n) is 3.68. The zero-order valence-corrected chi connectivity index (χ0v) is 23.4. The summed E-state index contributed by atoms with van der Waals surface area (Å²) in [5, 5.41) is 0. The van der Waals surface area contributed by atoms with Crippen molar-refractivity contribution in [3.63, 3.8) is 0 Å². The summed E-state index contributed by atoms with van der Waals surface area (Å²) in [5.41, 5.74) is 3.56. The lowest BCUT2D eigenvalue weighted by Gasteiger charge is -2.31. The molecule has 184 valence electrons. The molecule has 5 heteroatoms. The Bertz CT molecular complexity index is 925. The van der Waals surface area contributed by atoms with Crippen molar-refractivity contribution in [2.75, 3.05) is 0 Å². The minimum atomic E-state index is -2.31. The Kier molecular flexibility index (Phi) is 7.98. The van der Waals surface area contributed by atoms with Gasteiger partial charge in [-0.15, -0.1) is 0 Å². The molecule has 1 unspecified atom stereocenters. The third kappa shape index (κ3) is 6.93. The van der Waals surface area contributed by atoms with E-state index in [0.717, 1.165) is 16.7 Å². The molecular weight excluding hydrogens is 434 g/mol. The number of hydrogen-bond acceptors (Lipinski definition) is 3. The van der Waals surface area contributed by atoms with E-state index in [9.17, 15) is 4.53 Å². The van der Waals surface area contributed by atoms with Gasteiger partial charge in [0.1, 0.15) is 11.5 Å². The van der Waals surface area contributed by atoms with Gasteiger partial charge in [-0.25, -0.2) is 0 Å². The van der Waals surface area contributed by atoms with E-state index >= 15 is 0 Å². The van der Waals surface area contributed by atoms with Crippen LogP contribution >= 0.6 is 8.60 Å². The summed E-state index contributed by atoms with van der Waals surface area (Å²) in [6.07, 6.45) is 0. The number of halogens is 1. The molecular formula is C28H42FO3P. The Balaban J connectivity index is 2.53. The maximum atomic E-state index is 13.9. The first-order valence-electron chi connectivity index (χ1n) is 11.6. The first kappa shape index (κ1) is 27.6. The van der Waals surface area contributed by atoms with Crippen molar-refractivity contribution in [1.29, 1.82) is 0 Å². The quantitative estimate of drug-likeness (QED) is 0.402. The van der Waals surface area contributed by atoms with E-state index in [4.69, 9.17) is 9.05 Å². The van der Waals surface area contributed by atoms with Crippen LogP contribution in [0.2, 0.25) is 0 Å². The predicted octanol–water partition coefficient (Wildman–Crippen LogP) is 9.46. The van der Waals surface area contributed by atoms with Gasteiger partial charge in [-0.05, 0) is 37.8 Å². The van der Waals surface area contributed by atoms with Crippen molar-refractivity contribution >= 4 is 8.60 Å². The lowest BCUT2D eigenvalue weighted by atomic mass is 9.80. The molecule has 0 aliphatic carbocycles. The van der Waals surface area contributed by atoms with Crippen LogP contribution in [0, 0.1) is 0 Å². The van der Waals surface area contributed by atoms with Crippen molar-refractivity contribution in [2.45, 2.75) is 105 Å². The second kappa shape index (κ2) is 9.55. The molecule has 3 nitrogen and oxygen atoms in total. The average molecular weight is 477 g/mol. The zero-order chi connectivity index (χ0) is 25.4. The van der Waals surface area contributed by atoms with Crippen LogP contribution in [0.25, 0.3) is 0 Å². The van der Waals surface area contributed by atoms with Crippen molar-refractivity contribution in [3.05, 3.63) is 58.7 Å². The van der Waals surface area contributed by atoms with Crippen molar-refractivity contribution < 1.29 is 18.3 Å². The fourth-order valence-corrected chi connectivity index (χ4v) is 4.44. The number of rotatable bonds is 5. The molecule has 0 radical (unpaired) electrons. The molecule has 0 saturated heterocycles. The molecule has 0 spiro atoms. The first-order valence-corrected chi connectivity index (χ1v) is 12.7. The number of para-hydroxylation sites is 1. The smallest absolute Gasteiger partial charge is 0.416 e. The van der Waals surface area contributed by atoms with Crippen LogP contribution in [0.1, 0.15) is 105 Å². The monoisotopic (exact) mass is 476 g/mol. The van der Waals surface area contributed by atoms with Gasteiger partial charge in [0.25, 0.3) is 0 Å². The van der Waals surface area contributed by atoms with Gasteiger partial charge in [0.05, 0.1) is 0 Å². The number of hydrogen-bond donors (Lipinski definition) is 0. The van der Waals surface area contributed by atoms with Gasteiger partial charge in [0, 0.05) is 16.7 Å². The predicted molar refractivity (Wildman–Crippen MR) is 138 cm³/mol. The van der Waals surface area contributed by atoms with Crippen LogP contribution in [-0.2, 0) is 26.4 Å². The molecule has 0 fully saturated rings. The SMILES string of the molecule is CC(C)(C)c1ccc(OP(OF)Oc2c(C(C)(C)C)cccc2C(C)(C)C)c(C(C)(C)C)c1. The summed E-state index contributed by atoms with van der Waals surface area (Å²) < 4.78 is 30.4. The van der Waals surface area contributed by atoms with Gasteiger partial charge in [-0.3, -0.25) is 0 Å². The van der Waals surface area contributed by atoms with Crippen LogP contribution in [0.3, 0.4) is 0 Å².